The highest BCUT2D eigenvalue weighted by molar-refractivity contribution is 5.89. The van der Waals surface area contributed by atoms with E-state index in [9.17, 15) is 4.79 Å². The van der Waals surface area contributed by atoms with E-state index >= 15 is 0 Å². The molecule has 1 fully saturated rings. The summed E-state index contributed by atoms with van der Waals surface area (Å²) in [6, 6.07) is 7.64. The van der Waals surface area contributed by atoms with Crippen LogP contribution in [0.3, 0.4) is 0 Å². The van der Waals surface area contributed by atoms with Gasteiger partial charge >= 0.3 is 5.97 Å². The maximum absolute atomic E-state index is 11.4. The van der Waals surface area contributed by atoms with Crippen LogP contribution in [0, 0.1) is 0 Å². The van der Waals surface area contributed by atoms with Crippen LogP contribution in [0.5, 0.6) is 0 Å². The molecule has 3 heteroatoms. The zero-order valence-electron chi connectivity index (χ0n) is 9.53. The Bertz CT molecular complexity index is 391. The third-order valence-corrected chi connectivity index (χ3v) is 3.60. The molecule has 1 saturated carbocycles. The van der Waals surface area contributed by atoms with E-state index in [2.05, 4.69) is 6.07 Å². The average Bonchev–Trinajstić information content (AvgIpc) is 2.28. The number of rotatable bonds is 3. The first-order valence-electron chi connectivity index (χ1n) is 5.61. The highest BCUT2D eigenvalue weighted by Crippen LogP contribution is 2.42. The molecule has 0 radical (unpaired) electrons. The number of hydrogen-bond donors (Lipinski definition) is 1. The normalized spacial score (nSPS) is 17.6. The van der Waals surface area contributed by atoms with Gasteiger partial charge in [0, 0.05) is 12.0 Å². The first-order chi connectivity index (χ1) is 7.72. The molecule has 0 saturated heterocycles. The lowest BCUT2D eigenvalue weighted by atomic mass is 9.64. The topological polar surface area (TPSA) is 52.3 Å². The minimum absolute atomic E-state index is 0.101. The smallest absolute Gasteiger partial charge is 0.337 e. The van der Waals surface area contributed by atoms with Gasteiger partial charge in [-0.2, -0.15) is 0 Å². The summed E-state index contributed by atoms with van der Waals surface area (Å²) < 4.78 is 4.72. The third-order valence-electron chi connectivity index (χ3n) is 3.60. The van der Waals surface area contributed by atoms with Crippen LogP contribution in [0.1, 0.15) is 35.2 Å². The molecule has 2 N–H and O–H groups in total. The van der Waals surface area contributed by atoms with E-state index in [1.54, 1.807) is 6.07 Å². The van der Waals surface area contributed by atoms with Gasteiger partial charge in [-0.05, 0) is 30.5 Å². The Morgan fingerprint density at radius 1 is 1.50 bits per heavy atom. The number of ether oxygens (including phenoxy) is 1. The number of nitrogens with two attached hydrogens (primary N) is 1. The molecule has 2 rings (SSSR count). The molecule has 0 bridgehead atoms. The Hall–Kier alpha value is -1.35. The van der Waals surface area contributed by atoms with Crippen LogP contribution in [0.25, 0.3) is 0 Å². The van der Waals surface area contributed by atoms with Crippen molar-refractivity contribution < 1.29 is 9.53 Å². The van der Waals surface area contributed by atoms with Crippen molar-refractivity contribution in [2.75, 3.05) is 13.7 Å². The van der Waals surface area contributed by atoms with Crippen molar-refractivity contribution in [2.45, 2.75) is 24.7 Å². The molecular formula is C13H17NO2. The molecule has 0 atom stereocenters. The Kier molecular flexibility index (Phi) is 2.97. The van der Waals surface area contributed by atoms with Gasteiger partial charge in [0.2, 0.25) is 0 Å². The summed E-state index contributed by atoms with van der Waals surface area (Å²) in [6.07, 6.45) is 3.46. The number of benzene rings is 1. The molecule has 16 heavy (non-hydrogen) atoms. The summed E-state index contributed by atoms with van der Waals surface area (Å²) >= 11 is 0. The van der Waals surface area contributed by atoms with Gasteiger partial charge in [0.25, 0.3) is 0 Å². The van der Waals surface area contributed by atoms with Gasteiger partial charge in [-0.3, -0.25) is 0 Å². The van der Waals surface area contributed by atoms with Gasteiger partial charge in [0.05, 0.1) is 12.7 Å². The molecule has 0 heterocycles. The summed E-state index contributed by atoms with van der Waals surface area (Å²) in [4.78, 5) is 11.4. The molecule has 1 aromatic carbocycles. The zero-order valence-corrected chi connectivity index (χ0v) is 9.53. The number of esters is 1. The maximum atomic E-state index is 11.4. The van der Waals surface area contributed by atoms with Crippen LogP contribution < -0.4 is 5.73 Å². The van der Waals surface area contributed by atoms with Gasteiger partial charge in [-0.15, -0.1) is 0 Å². The van der Waals surface area contributed by atoms with Crippen molar-refractivity contribution >= 4 is 5.97 Å². The second kappa shape index (κ2) is 4.26. The van der Waals surface area contributed by atoms with Crippen LogP contribution in [0.15, 0.2) is 24.3 Å². The van der Waals surface area contributed by atoms with Crippen molar-refractivity contribution in [2.24, 2.45) is 5.73 Å². The average molecular weight is 219 g/mol. The third kappa shape index (κ3) is 1.71. The van der Waals surface area contributed by atoms with Gasteiger partial charge in [-0.1, -0.05) is 18.6 Å². The van der Waals surface area contributed by atoms with Crippen LogP contribution in [-0.4, -0.2) is 19.6 Å². The summed E-state index contributed by atoms with van der Waals surface area (Å²) in [5.74, 6) is -0.284. The summed E-state index contributed by atoms with van der Waals surface area (Å²) in [7, 11) is 1.40. The molecule has 0 spiro atoms. The Morgan fingerprint density at radius 2 is 2.25 bits per heavy atom. The lowest BCUT2D eigenvalue weighted by Gasteiger charge is -2.41. The quantitative estimate of drug-likeness (QED) is 0.789. The van der Waals surface area contributed by atoms with Crippen molar-refractivity contribution in [3.05, 3.63) is 35.4 Å². The van der Waals surface area contributed by atoms with Crippen LogP contribution in [-0.2, 0) is 10.2 Å². The molecule has 3 nitrogen and oxygen atoms in total. The predicted molar refractivity (Wildman–Crippen MR) is 62.4 cm³/mol. The zero-order chi connectivity index (χ0) is 11.6. The van der Waals surface area contributed by atoms with Crippen LogP contribution in [0.4, 0.5) is 0 Å². The van der Waals surface area contributed by atoms with E-state index < -0.39 is 0 Å². The lowest BCUT2D eigenvalue weighted by molar-refractivity contribution is 0.0600. The van der Waals surface area contributed by atoms with Crippen molar-refractivity contribution in [3.8, 4) is 0 Å². The predicted octanol–water partition coefficient (Wildman–Crippen LogP) is 1.85. The number of carbonyl (C=O) groups is 1. The fourth-order valence-corrected chi connectivity index (χ4v) is 2.31. The molecule has 0 amide bonds. The van der Waals surface area contributed by atoms with Gasteiger partial charge in [0.15, 0.2) is 0 Å². The minimum Gasteiger partial charge on any atom is -0.465 e. The maximum Gasteiger partial charge on any atom is 0.337 e. The van der Waals surface area contributed by atoms with Crippen molar-refractivity contribution in [1.29, 1.82) is 0 Å². The van der Waals surface area contributed by atoms with Gasteiger partial charge in [-0.25, -0.2) is 4.79 Å². The lowest BCUT2D eigenvalue weighted by Crippen LogP contribution is -2.41. The van der Waals surface area contributed by atoms with E-state index in [0.29, 0.717) is 12.1 Å². The second-order valence-corrected chi connectivity index (χ2v) is 4.41. The summed E-state index contributed by atoms with van der Waals surface area (Å²) in [6.45, 7) is 0.650. The highest BCUT2D eigenvalue weighted by atomic mass is 16.5. The molecule has 0 unspecified atom stereocenters. The van der Waals surface area contributed by atoms with E-state index in [1.165, 1.54) is 19.1 Å². The standard InChI is InChI=1S/C13H17NO2/c1-16-12(15)10-4-2-5-11(8-10)13(9-14)6-3-7-13/h2,4-5,8H,3,6-7,9,14H2,1H3. The molecule has 1 aliphatic carbocycles. The Balaban J connectivity index is 2.32. The summed E-state index contributed by atoms with van der Waals surface area (Å²) in [5.41, 5.74) is 7.73. The molecule has 1 aromatic rings. The number of methoxy groups -OCH3 is 1. The molecular weight excluding hydrogens is 202 g/mol. The van der Waals surface area contributed by atoms with Crippen LogP contribution in [0.2, 0.25) is 0 Å². The van der Waals surface area contributed by atoms with Crippen molar-refractivity contribution in [1.82, 2.24) is 0 Å². The largest absolute Gasteiger partial charge is 0.465 e. The Morgan fingerprint density at radius 3 is 2.75 bits per heavy atom. The number of carbonyl (C=O) groups excluding carboxylic acids is 1. The van der Waals surface area contributed by atoms with E-state index in [1.807, 2.05) is 12.1 Å². The first-order valence-corrected chi connectivity index (χ1v) is 5.61. The van der Waals surface area contributed by atoms with E-state index in [4.69, 9.17) is 10.5 Å². The first kappa shape index (κ1) is 11.1. The van der Waals surface area contributed by atoms with Crippen molar-refractivity contribution in [3.63, 3.8) is 0 Å². The monoisotopic (exact) mass is 219 g/mol. The number of hydrogen-bond acceptors (Lipinski definition) is 3. The fraction of sp³-hybridized carbons (Fsp3) is 0.462. The van der Waals surface area contributed by atoms with E-state index in [0.717, 1.165) is 12.8 Å². The molecule has 1 aliphatic rings. The minimum atomic E-state index is -0.284. The molecule has 0 aromatic heterocycles. The highest BCUT2D eigenvalue weighted by Gasteiger charge is 2.37. The SMILES string of the molecule is COC(=O)c1cccc(C2(CN)CCC2)c1. The van der Waals surface area contributed by atoms with Gasteiger partial charge in [0.1, 0.15) is 0 Å². The van der Waals surface area contributed by atoms with Gasteiger partial charge < -0.3 is 10.5 Å². The van der Waals surface area contributed by atoms with E-state index in [-0.39, 0.29) is 11.4 Å². The van der Waals surface area contributed by atoms with Crippen LogP contribution >= 0.6 is 0 Å². The Labute approximate surface area is 95.6 Å². The summed E-state index contributed by atoms with van der Waals surface area (Å²) in [5, 5.41) is 0. The molecule has 0 aliphatic heterocycles. The molecule has 86 valence electrons. The second-order valence-electron chi connectivity index (χ2n) is 4.41. The fourth-order valence-electron chi connectivity index (χ4n) is 2.31.